The molecule has 37 heavy (non-hydrogen) atoms. The number of cyclic esters (lactones) is 1. The molecule has 7 nitrogen and oxygen atoms in total. The van der Waals surface area contributed by atoms with E-state index >= 15 is 0 Å². The van der Waals surface area contributed by atoms with Crippen molar-refractivity contribution in [1.29, 1.82) is 0 Å². The second kappa shape index (κ2) is 10.4. The zero-order valence-electron chi connectivity index (χ0n) is 21.8. The van der Waals surface area contributed by atoms with Crippen LogP contribution in [0.3, 0.4) is 0 Å². The minimum atomic E-state index is -5.30. The first-order valence-electron chi connectivity index (χ1n) is 11.8. The number of phosphoric acid groups is 1. The van der Waals surface area contributed by atoms with E-state index in [4.69, 9.17) is 9.26 Å². The Kier molecular flexibility index (Phi) is 8.23. The van der Waals surface area contributed by atoms with Crippen molar-refractivity contribution in [1.82, 2.24) is 0 Å². The van der Waals surface area contributed by atoms with Crippen molar-refractivity contribution in [2.24, 2.45) is 0 Å². The van der Waals surface area contributed by atoms with Crippen LogP contribution in [-0.4, -0.2) is 34.1 Å². The van der Waals surface area contributed by atoms with Crippen molar-refractivity contribution in [2.75, 3.05) is 0 Å². The first-order valence-corrected chi connectivity index (χ1v) is 13.3. The molecule has 3 aromatic rings. The van der Waals surface area contributed by atoms with Gasteiger partial charge >= 0.3 is 29.0 Å². The van der Waals surface area contributed by atoms with E-state index < -0.39 is 19.4 Å². The van der Waals surface area contributed by atoms with E-state index in [2.05, 4.69) is 0 Å². The largest absolute Gasteiger partial charge is 2.00 e. The molecule has 0 bridgehead atoms. The van der Waals surface area contributed by atoms with Gasteiger partial charge in [-0.15, -0.1) is 0 Å². The van der Waals surface area contributed by atoms with Gasteiger partial charge in [-0.05, 0) is 78.3 Å². The number of carbonyl (C=O) groups is 1. The molecular weight excluding hydrogens is 504 g/mol. The molecule has 4 rings (SSSR count). The number of phenolic OH excluding ortho intramolecular Hbond substituents is 1. The third kappa shape index (κ3) is 5.18. The van der Waals surface area contributed by atoms with Gasteiger partial charge in [0, 0.05) is 16.7 Å². The van der Waals surface area contributed by atoms with Crippen molar-refractivity contribution in [3.63, 3.8) is 0 Å². The topological polar surface area (TPSA) is 119 Å². The van der Waals surface area contributed by atoms with Crippen LogP contribution in [0.5, 0.6) is 11.5 Å². The number of benzene rings is 3. The number of phosphoric ester groups is 1. The number of carbonyl (C=O) groups excluding carboxylic acids is 1. The summed E-state index contributed by atoms with van der Waals surface area (Å²) in [7, 11) is -5.30. The summed E-state index contributed by atoms with van der Waals surface area (Å²) in [5.74, 6) is -0.581. The molecule has 0 amide bonds. The van der Waals surface area contributed by atoms with E-state index in [0.29, 0.717) is 38.9 Å². The smallest absolute Gasteiger partial charge is 0.780 e. The van der Waals surface area contributed by atoms with Crippen LogP contribution in [0.1, 0.15) is 88.8 Å². The molecular formula is C28H29MgO7P. The predicted octanol–water partition coefficient (Wildman–Crippen LogP) is 4.54. The Morgan fingerprint density at radius 1 is 0.892 bits per heavy atom. The summed E-state index contributed by atoms with van der Waals surface area (Å²) in [6, 6.07) is 13.9. The number of aromatic hydroxyl groups is 1. The SMILES string of the molecule is Cc1cc(O)c(C(C)C)cc1C1(c2cc(C(C)C)c(OP(=O)([O-])[O-])cc2C)OC(=O)c2ccccc21.[Mg+2]. The standard InChI is InChI=1S/C28H31O7P.Mg/c1-15(2)20-13-23(17(5)11-25(20)29)28(22-10-8-7-9-19(22)27(30)34-28)24-14-21(16(3)4)26(12-18(24)6)35-36(31,32)33;/h7-16,29H,1-6H3,(H2,31,32,33);/q;+2/p-2. The zero-order valence-corrected chi connectivity index (χ0v) is 24.1. The van der Waals surface area contributed by atoms with Crippen LogP contribution in [0.2, 0.25) is 0 Å². The van der Waals surface area contributed by atoms with E-state index in [0.717, 1.165) is 5.56 Å². The number of ether oxygens (including phenoxy) is 1. The zero-order chi connectivity index (χ0) is 26.6. The molecule has 1 atom stereocenters. The van der Waals surface area contributed by atoms with Gasteiger partial charge < -0.3 is 28.7 Å². The summed E-state index contributed by atoms with van der Waals surface area (Å²) in [6.07, 6.45) is 0. The molecule has 0 spiro atoms. The number of fused-ring (bicyclic) bond motifs is 1. The van der Waals surface area contributed by atoms with Crippen molar-refractivity contribution in [3.05, 3.63) is 93.0 Å². The first kappa shape index (κ1) is 29.2. The maximum atomic E-state index is 13.2. The monoisotopic (exact) mass is 532 g/mol. The Morgan fingerprint density at radius 3 is 2.00 bits per heavy atom. The molecule has 1 N–H and O–H groups in total. The first-order chi connectivity index (χ1) is 16.8. The van der Waals surface area contributed by atoms with Crippen LogP contribution in [0.15, 0.2) is 48.5 Å². The van der Waals surface area contributed by atoms with E-state index in [-0.39, 0.29) is 46.4 Å². The molecule has 1 aliphatic rings. The van der Waals surface area contributed by atoms with Gasteiger partial charge in [0.1, 0.15) is 19.3 Å². The molecule has 1 heterocycles. The van der Waals surface area contributed by atoms with Gasteiger partial charge in [0.2, 0.25) is 0 Å². The summed E-state index contributed by atoms with van der Waals surface area (Å²) < 4.78 is 22.5. The number of esters is 1. The van der Waals surface area contributed by atoms with Gasteiger partial charge in [-0.3, -0.25) is 0 Å². The average Bonchev–Trinajstić information content (AvgIpc) is 3.05. The maximum absolute atomic E-state index is 13.2. The van der Waals surface area contributed by atoms with Crippen molar-refractivity contribution in [3.8, 4) is 11.5 Å². The number of phenols is 1. The Morgan fingerprint density at radius 2 is 1.43 bits per heavy atom. The van der Waals surface area contributed by atoms with Crippen LogP contribution in [0.25, 0.3) is 0 Å². The second-order valence-corrected chi connectivity index (χ2v) is 11.0. The molecule has 190 valence electrons. The quantitative estimate of drug-likeness (QED) is 0.281. The number of hydrogen-bond acceptors (Lipinski definition) is 7. The molecule has 1 aliphatic heterocycles. The second-order valence-electron chi connectivity index (χ2n) is 9.90. The van der Waals surface area contributed by atoms with Gasteiger partial charge in [-0.2, -0.15) is 0 Å². The molecule has 3 aromatic carbocycles. The summed E-state index contributed by atoms with van der Waals surface area (Å²) in [5, 5.41) is 10.6. The Balaban J connectivity index is 0.00000380. The van der Waals surface area contributed by atoms with Crippen molar-refractivity contribution < 1.29 is 33.5 Å². The van der Waals surface area contributed by atoms with E-state index in [1.807, 2.05) is 52.8 Å². The summed E-state index contributed by atoms with van der Waals surface area (Å²) in [6.45, 7) is 11.2. The van der Waals surface area contributed by atoms with Gasteiger partial charge in [-0.1, -0.05) is 45.9 Å². The van der Waals surface area contributed by atoms with Crippen LogP contribution >= 0.6 is 7.82 Å². The summed E-state index contributed by atoms with van der Waals surface area (Å²) in [5.41, 5.74) is 3.49. The molecule has 0 radical (unpaired) electrons. The molecule has 0 saturated heterocycles. The maximum Gasteiger partial charge on any atom is 2.00 e. The fraction of sp³-hybridized carbons (Fsp3) is 0.321. The summed E-state index contributed by atoms with van der Waals surface area (Å²) >= 11 is 0. The van der Waals surface area contributed by atoms with E-state index in [9.17, 15) is 24.3 Å². The fourth-order valence-electron chi connectivity index (χ4n) is 5.04. The van der Waals surface area contributed by atoms with Gasteiger partial charge in [0.15, 0.2) is 5.60 Å². The van der Waals surface area contributed by atoms with Gasteiger partial charge in [0.25, 0.3) is 0 Å². The summed E-state index contributed by atoms with van der Waals surface area (Å²) in [4.78, 5) is 36.1. The molecule has 9 heteroatoms. The minimum Gasteiger partial charge on any atom is -0.780 e. The predicted molar refractivity (Wildman–Crippen MR) is 138 cm³/mol. The molecule has 0 aliphatic carbocycles. The molecule has 0 saturated carbocycles. The van der Waals surface area contributed by atoms with Crippen LogP contribution < -0.4 is 14.3 Å². The average molecular weight is 533 g/mol. The molecule has 0 fully saturated rings. The van der Waals surface area contributed by atoms with Crippen LogP contribution in [0.4, 0.5) is 0 Å². The molecule has 1 unspecified atom stereocenters. The van der Waals surface area contributed by atoms with Gasteiger partial charge in [-0.25, -0.2) is 4.79 Å². The van der Waals surface area contributed by atoms with E-state index in [1.54, 1.807) is 31.2 Å². The molecule has 0 aromatic heterocycles. The third-order valence-corrected chi connectivity index (χ3v) is 7.14. The third-order valence-electron chi connectivity index (χ3n) is 6.72. The Hall–Kier alpha value is -2.35. The Bertz CT molecular complexity index is 1410. The van der Waals surface area contributed by atoms with Crippen LogP contribution in [0, 0.1) is 13.8 Å². The Labute approximate surface area is 233 Å². The number of aryl methyl sites for hydroxylation is 2. The van der Waals surface area contributed by atoms with Crippen molar-refractivity contribution in [2.45, 2.75) is 59.0 Å². The van der Waals surface area contributed by atoms with Crippen LogP contribution in [-0.2, 0) is 14.9 Å². The normalized spacial score (nSPS) is 17.0. The van der Waals surface area contributed by atoms with Crippen molar-refractivity contribution >= 4 is 36.8 Å². The van der Waals surface area contributed by atoms with E-state index in [1.165, 1.54) is 6.07 Å². The fourth-order valence-corrected chi connectivity index (χ4v) is 5.44. The number of rotatable bonds is 6. The minimum absolute atomic E-state index is 0. The number of hydrogen-bond donors (Lipinski definition) is 1. The van der Waals surface area contributed by atoms with Gasteiger partial charge in [0.05, 0.1) is 5.56 Å².